The van der Waals surface area contributed by atoms with Gasteiger partial charge in [0.15, 0.2) is 0 Å². The third-order valence-corrected chi connectivity index (χ3v) is 4.85. The average Bonchev–Trinajstić information content (AvgIpc) is 2.26. The van der Waals surface area contributed by atoms with Gasteiger partial charge in [0, 0.05) is 6.04 Å². The van der Waals surface area contributed by atoms with Crippen molar-refractivity contribution < 1.29 is 18.3 Å². The molecule has 1 rings (SSSR count). The molecule has 0 saturated carbocycles. The number of carbonyl (C=O) groups is 1. The van der Waals surface area contributed by atoms with Gasteiger partial charge in [0.1, 0.15) is 15.9 Å². The maximum atomic E-state index is 11.2. The van der Waals surface area contributed by atoms with Gasteiger partial charge in [0.05, 0.1) is 11.5 Å². The molecule has 100 valence electrons. The van der Waals surface area contributed by atoms with Crippen molar-refractivity contribution in [3.63, 3.8) is 0 Å². The Morgan fingerprint density at radius 2 is 2.00 bits per heavy atom. The lowest BCUT2D eigenvalue weighted by atomic mass is 10.1. The molecule has 6 heteroatoms. The number of sulfone groups is 1. The van der Waals surface area contributed by atoms with Gasteiger partial charge in [-0.05, 0) is 19.3 Å². The second-order valence-corrected chi connectivity index (χ2v) is 6.93. The predicted molar refractivity (Wildman–Crippen MR) is 65.8 cm³/mol. The van der Waals surface area contributed by atoms with Crippen LogP contribution in [0.4, 0.5) is 0 Å². The first-order chi connectivity index (χ1) is 7.94. The van der Waals surface area contributed by atoms with Crippen molar-refractivity contribution in [1.29, 1.82) is 0 Å². The quantitative estimate of drug-likeness (QED) is 0.740. The summed E-state index contributed by atoms with van der Waals surface area (Å²) in [6.45, 7) is 2.02. The largest absolute Gasteiger partial charge is 0.480 e. The molecule has 1 fully saturated rings. The summed E-state index contributed by atoms with van der Waals surface area (Å²) in [5, 5.41) is 12.1. The first-order valence-corrected chi connectivity index (χ1v) is 7.96. The number of nitrogens with one attached hydrogen (secondary N) is 1. The van der Waals surface area contributed by atoms with Gasteiger partial charge in [-0.1, -0.05) is 19.8 Å². The van der Waals surface area contributed by atoms with Crippen LogP contribution >= 0.6 is 0 Å². The highest BCUT2D eigenvalue weighted by molar-refractivity contribution is 7.91. The van der Waals surface area contributed by atoms with Crippen LogP contribution < -0.4 is 5.32 Å². The van der Waals surface area contributed by atoms with E-state index in [0.29, 0.717) is 19.3 Å². The number of carboxylic acids is 1. The van der Waals surface area contributed by atoms with E-state index in [1.165, 1.54) is 0 Å². The first-order valence-electron chi connectivity index (χ1n) is 6.14. The summed E-state index contributed by atoms with van der Waals surface area (Å²) < 4.78 is 22.5. The highest BCUT2D eigenvalue weighted by atomic mass is 32.2. The molecule has 0 spiro atoms. The molecule has 1 saturated heterocycles. The summed E-state index contributed by atoms with van der Waals surface area (Å²) in [7, 11) is -2.88. The van der Waals surface area contributed by atoms with Gasteiger partial charge in [0.25, 0.3) is 0 Å². The number of aliphatic carboxylic acids is 1. The number of hydrogen-bond acceptors (Lipinski definition) is 4. The molecule has 0 amide bonds. The molecule has 0 aromatic rings. The maximum absolute atomic E-state index is 11.2. The molecule has 1 heterocycles. The zero-order valence-corrected chi connectivity index (χ0v) is 11.0. The Kier molecular flexibility index (Phi) is 5.39. The molecule has 0 aliphatic carbocycles. The summed E-state index contributed by atoms with van der Waals surface area (Å²) >= 11 is 0. The van der Waals surface area contributed by atoms with Crippen LogP contribution in [0.2, 0.25) is 0 Å². The van der Waals surface area contributed by atoms with E-state index in [1.807, 2.05) is 6.92 Å². The summed E-state index contributed by atoms with van der Waals surface area (Å²) in [5.74, 6) is -0.498. The highest BCUT2D eigenvalue weighted by Crippen LogP contribution is 2.14. The fraction of sp³-hybridized carbons (Fsp3) is 0.909. The van der Waals surface area contributed by atoms with Crippen molar-refractivity contribution in [3.8, 4) is 0 Å². The molecular formula is C11H21NO4S. The van der Waals surface area contributed by atoms with Crippen LogP contribution in [-0.2, 0) is 14.6 Å². The summed E-state index contributed by atoms with van der Waals surface area (Å²) in [6, 6.07) is -0.516. The van der Waals surface area contributed by atoms with Gasteiger partial charge >= 0.3 is 5.97 Å². The lowest BCUT2D eigenvalue weighted by molar-refractivity contribution is -0.140. The molecule has 0 aromatic carbocycles. The van der Waals surface area contributed by atoms with Gasteiger partial charge in [0.2, 0.25) is 0 Å². The Balaban J connectivity index is 2.43. The molecule has 0 radical (unpaired) electrons. The van der Waals surface area contributed by atoms with Gasteiger partial charge in [-0.2, -0.15) is 0 Å². The summed E-state index contributed by atoms with van der Waals surface area (Å²) in [5.41, 5.74) is 0. The Bertz CT molecular complexity index is 338. The smallest absolute Gasteiger partial charge is 0.320 e. The molecule has 2 N–H and O–H groups in total. The second kappa shape index (κ2) is 6.35. The third kappa shape index (κ3) is 5.04. The SMILES string of the molecule is CCCCC(NC1CCS(=O)(=O)CC1)C(=O)O. The fourth-order valence-electron chi connectivity index (χ4n) is 2.03. The van der Waals surface area contributed by atoms with E-state index < -0.39 is 21.8 Å². The number of hydrogen-bond donors (Lipinski definition) is 2. The standard InChI is InChI=1S/C11H21NO4S/c1-2-3-4-10(11(13)14)12-9-5-7-17(15,16)8-6-9/h9-10,12H,2-8H2,1H3,(H,13,14). The predicted octanol–water partition coefficient (Wildman–Crippen LogP) is 0.797. The van der Waals surface area contributed by atoms with Crippen molar-refractivity contribution in [2.24, 2.45) is 0 Å². The molecule has 5 nitrogen and oxygen atoms in total. The average molecular weight is 263 g/mol. The minimum atomic E-state index is -2.88. The Morgan fingerprint density at radius 3 is 2.47 bits per heavy atom. The Labute approximate surface area is 103 Å². The molecule has 17 heavy (non-hydrogen) atoms. The molecule has 1 aliphatic heterocycles. The zero-order chi connectivity index (χ0) is 12.9. The van der Waals surface area contributed by atoms with Crippen molar-refractivity contribution in [2.75, 3.05) is 11.5 Å². The number of carboxylic acid groups (broad SMARTS) is 1. The van der Waals surface area contributed by atoms with Crippen LogP contribution in [0.1, 0.15) is 39.0 Å². The topological polar surface area (TPSA) is 83.5 Å². The monoisotopic (exact) mass is 263 g/mol. The van der Waals surface area contributed by atoms with E-state index in [2.05, 4.69) is 5.32 Å². The lowest BCUT2D eigenvalue weighted by Gasteiger charge is -2.26. The van der Waals surface area contributed by atoms with E-state index in [-0.39, 0.29) is 17.5 Å². The van der Waals surface area contributed by atoms with E-state index in [4.69, 9.17) is 5.11 Å². The van der Waals surface area contributed by atoms with E-state index in [0.717, 1.165) is 12.8 Å². The molecule has 0 aromatic heterocycles. The van der Waals surface area contributed by atoms with Crippen molar-refractivity contribution in [3.05, 3.63) is 0 Å². The summed E-state index contributed by atoms with van der Waals surface area (Å²) in [6.07, 6.45) is 3.49. The van der Waals surface area contributed by atoms with Crippen molar-refractivity contribution in [2.45, 2.75) is 51.1 Å². The van der Waals surface area contributed by atoms with Crippen LogP contribution in [-0.4, -0.2) is 43.1 Å². The van der Waals surface area contributed by atoms with Crippen LogP contribution in [0.5, 0.6) is 0 Å². The lowest BCUT2D eigenvalue weighted by Crippen LogP contribution is -2.46. The highest BCUT2D eigenvalue weighted by Gasteiger charge is 2.27. The molecule has 0 bridgehead atoms. The van der Waals surface area contributed by atoms with Crippen LogP contribution in [0.15, 0.2) is 0 Å². The van der Waals surface area contributed by atoms with Gasteiger partial charge in [-0.3, -0.25) is 4.79 Å². The molecule has 1 unspecified atom stereocenters. The third-order valence-electron chi connectivity index (χ3n) is 3.14. The maximum Gasteiger partial charge on any atom is 0.320 e. The molecular weight excluding hydrogens is 242 g/mol. The van der Waals surface area contributed by atoms with Crippen LogP contribution in [0, 0.1) is 0 Å². The first kappa shape index (κ1) is 14.4. The second-order valence-electron chi connectivity index (χ2n) is 4.63. The minimum Gasteiger partial charge on any atom is -0.480 e. The van der Waals surface area contributed by atoms with Gasteiger partial charge < -0.3 is 10.4 Å². The van der Waals surface area contributed by atoms with E-state index >= 15 is 0 Å². The molecule has 1 atom stereocenters. The molecule has 1 aliphatic rings. The Hall–Kier alpha value is -0.620. The Morgan fingerprint density at radius 1 is 1.41 bits per heavy atom. The fourth-order valence-corrected chi connectivity index (χ4v) is 3.52. The van der Waals surface area contributed by atoms with Gasteiger partial charge in [-0.25, -0.2) is 8.42 Å². The van der Waals surface area contributed by atoms with Crippen LogP contribution in [0.25, 0.3) is 0 Å². The number of rotatable bonds is 6. The van der Waals surface area contributed by atoms with Crippen LogP contribution in [0.3, 0.4) is 0 Å². The van der Waals surface area contributed by atoms with Gasteiger partial charge in [-0.15, -0.1) is 0 Å². The number of unbranched alkanes of at least 4 members (excludes halogenated alkanes) is 1. The zero-order valence-electron chi connectivity index (χ0n) is 10.2. The summed E-state index contributed by atoms with van der Waals surface area (Å²) in [4.78, 5) is 11.0. The van der Waals surface area contributed by atoms with Crippen molar-refractivity contribution >= 4 is 15.8 Å². The van der Waals surface area contributed by atoms with E-state index in [9.17, 15) is 13.2 Å². The van der Waals surface area contributed by atoms with E-state index in [1.54, 1.807) is 0 Å². The normalized spacial score (nSPS) is 22.2. The minimum absolute atomic E-state index is 0.0245. The van der Waals surface area contributed by atoms with Crippen molar-refractivity contribution in [1.82, 2.24) is 5.32 Å².